The molecule has 1 aromatic heterocycles. The number of rotatable bonds is 3. The highest BCUT2D eigenvalue weighted by atomic mass is 16.1. The number of hydrogen-bond donors (Lipinski definition) is 2. The lowest BCUT2D eigenvalue weighted by Crippen LogP contribution is -2.17. The van der Waals surface area contributed by atoms with Crippen LogP contribution in [0.1, 0.15) is 18.1 Å². The van der Waals surface area contributed by atoms with Crippen LogP contribution in [-0.4, -0.2) is 10.9 Å². The smallest absolute Gasteiger partial charge is 0.259 e. The number of nitrogens with zero attached hydrogens (tertiary/aromatic N) is 2. The number of allylic oxidation sites excluding steroid dienone is 1. The number of carbonyl (C=O) groups is 1. The summed E-state index contributed by atoms with van der Waals surface area (Å²) >= 11 is 0. The molecule has 0 saturated carbocycles. The fraction of sp³-hybridized carbons (Fsp3) is 0.0625. The Labute approximate surface area is 122 Å². The Hall–Kier alpha value is -3.13. The van der Waals surface area contributed by atoms with Crippen LogP contribution in [0, 0.1) is 11.3 Å². The number of amides is 1. The van der Waals surface area contributed by atoms with Gasteiger partial charge in [0, 0.05) is 11.9 Å². The Morgan fingerprint density at radius 1 is 1.24 bits per heavy atom. The first-order valence-electron chi connectivity index (χ1n) is 6.31. The first-order valence-corrected chi connectivity index (χ1v) is 6.31. The molecule has 1 heterocycles. The van der Waals surface area contributed by atoms with Gasteiger partial charge in [-0.15, -0.1) is 0 Å². The third kappa shape index (κ3) is 3.45. The van der Waals surface area contributed by atoms with E-state index in [4.69, 9.17) is 11.0 Å². The second-order valence-corrected chi connectivity index (χ2v) is 4.42. The molecule has 0 aliphatic heterocycles. The molecular formula is C16H14N4O. The largest absolute Gasteiger partial charge is 0.402 e. The van der Waals surface area contributed by atoms with Gasteiger partial charge in [-0.2, -0.15) is 5.26 Å². The zero-order chi connectivity index (χ0) is 15.2. The molecule has 5 nitrogen and oxygen atoms in total. The first-order chi connectivity index (χ1) is 10.1. The maximum Gasteiger partial charge on any atom is 0.259 e. The molecule has 0 aliphatic carbocycles. The van der Waals surface area contributed by atoms with E-state index in [9.17, 15) is 4.79 Å². The predicted octanol–water partition coefficient (Wildman–Crippen LogP) is 2.28. The summed E-state index contributed by atoms with van der Waals surface area (Å²) in [6.07, 6.45) is 1.59. The van der Waals surface area contributed by atoms with E-state index in [0.717, 1.165) is 0 Å². The minimum absolute atomic E-state index is 0.335. The van der Waals surface area contributed by atoms with Crippen molar-refractivity contribution in [3.8, 4) is 6.07 Å². The molecule has 0 unspecified atom stereocenters. The molecular weight excluding hydrogens is 264 g/mol. The molecule has 0 fully saturated rings. The molecule has 2 aromatic rings. The lowest BCUT2D eigenvalue weighted by Gasteiger charge is -2.10. The summed E-state index contributed by atoms with van der Waals surface area (Å²) < 4.78 is 0. The molecule has 5 heteroatoms. The van der Waals surface area contributed by atoms with Crippen LogP contribution >= 0.6 is 0 Å². The highest BCUT2D eigenvalue weighted by Crippen LogP contribution is 2.19. The summed E-state index contributed by atoms with van der Waals surface area (Å²) in [5, 5.41) is 11.5. The second kappa shape index (κ2) is 6.35. The van der Waals surface area contributed by atoms with Crippen LogP contribution in [-0.2, 0) is 4.79 Å². The number of nitrogens with two attached hydrogens (primary N) is 1. The third-order valence-corrected chi connectivity index (χ3v) is 2.83. The molecule has 104 valence electrons. The van der Waals surface area contributed by atoms with Gasteiger partial charge in [-0.3, -0.25) is 4.79 Å². The van der Waals surface area contributed by atoms with E-state index in [0.29, 0.717) is 28.2 Å². The zero-order valence-corrected chi connectivity index (χ0v) is 11.5. The summed E-state index contributed by atoms with van der Waals surface area (Å²) in [6, 6.07) is 14.0. The highest BCUT2D eigenvalue weighted by molar-refractivity contribution is 6.25. The molecule has 0 radical (unpaired) electrons. The molecule has 2 rings (SSSR count). The number of nitriles is 1. The quantitative estimate of drug-likeness (QED) is 0.842. The van der Waals surface area contributed by atoms with Crippen LogP contribution in [0.25, 0.3) is 5.57 Å². The van der Waals surface area contributed by atoms with Crippen LogP contribution in [0.15, 0.2) is 54.4 Å². The van der Waals surface area contributed by atoms with Crippen molar-refractivity contribution in [3.05, 3.63) is 65.5 Å². The number of nitrogens with one attached hydrogen (secondary N) is 1. The lowest BCUT2D eigenvalue weighted by molar-refractivity contribution is -0.111. The van der Waals surface area contributed by atoms with Crippen molar-refractivity contribution in [1.29, 1.82) is 5.26 Å². The third-order valence-electron chi connectivity index (χ3n) is 2.83. The Bertz CT molecular complexity index is 708. The van der Waals surface area contributed by atoms with Gasteiger partial charge in [0.15, 0.2) is 0 Å². The van der Waals surface area contributed by atoms with Crippen LogP contribution in [0.2, 0.25) is 0 Å². The lowest BCUT2D eigenvalue weighted by atomic mass is 10.0. The average molecular weight is 278 g/mol. The van der Waals surface area contributed by atoms with Gasteiger partial charge in [-0.25, -0.2) is 4.98 Å². The summed E-state index contributed by atoms with van der Waals surface area (Å²) in [4.78, 5) is 16.4. The Kier molecular flexibility index (Phi) is 4.32. The number of anilines is 1. The molecule has 0 saturated heterocycles. The van der Waals surface area contributed by atoms with Crippen molar-refractivity contribution < 1.29 is 4.79 Å². The van der Waals surface area contributed by atoms with Gasteiger partial charge in [0.2, 0.25) is 0 Å². The molecule has 0 spiro atoms. The molecule has 1 amide bonds. The molecule has 0 bridgehead atoms. The molecule has 0 atom stereocenters. The van der Waals surface area contributed by atoms with E-state index in [1.54, 1.807) is 55.6 Å². The summed E-state index contributed by atoms with van der Waals surface area (Å²) in [5.74, 6) is 0.119. The number of hydrogen-bond acceptors (Lipinski definition) is 4. The van der Waals surface area contributed by atoms with Gasteiger partial charge in [0.05, 0.1) is 17.2 Å². The number of benzene rings is 1. The van der Waals surface area contributed by atoms with Gasteiger partial charge >= 0.3 is 0 Å². The summed E-state index contributed by atoms with van der Waals surface area (Å²) in [6.45, 7) is 1.66. The maximum absolute atomic E-state index is 12.4. The molecule has 21 heavy (non-hydrogen) atoms. The van der Waals surface area contributed by atoms with Crippen molar-refractivity contribution >= 4 is 17.3 Å². The molecule has 3 N–H and O–H groups in total. The highest BCUT2D eigenvalue weighted by Gasteiger charge is 2.15. The van der Waals surface area contributed by atoms with Gasteiger partial charge < -0.3 is 11.1 Å². The van der Waals surface area contributed by atoms with E-state index in [1.165, 1.54) is 0 Å². The number of aromatic nitrogens is 1. The normalized spacial score (nSPS) is 11.2. The molecule has 1 aromatic carbocycles. The van der Waals surface area contributed by atoms with Crippen molar-refractivity contribution in [3.63, 3.8) is 0 Å². The van der Waals surface area contributed by atoms with Crippen molar-refractivity contribution in [1.82, 2.24) is 4.98 Å². The molecule has 0 aliphatic rings. The van der Waals surface area contributed by atoms with E-state index in [2.05, 4.69) is 10.3 Å². The van der Waals surface area contributed by atoms with Gasteiger partial charge in [-0.1, -0.05) is 18.2 Å². The first kappa shape index (κ1) is 14.3. The van der Waals surface area contributed by atoms with E-state index in [1.807, 2.05) is 6.07 Å². The van der Waals surface area contributed by atoms with Crippen molar-refractivity contribution in [2.75, 3.05) is 5.32 Å². The fourth-order valence-corrected chi connectivity index (χ4v) is 1.86. The van der Waals surface area contributed by atoms with Crippen molar-refractivity contribution in [2.45, 2.75) is 6.92 Å². The van der Waals surface area contributed by atoms with Gasteiger partial charge in [0.1, 0.15) is 5.82 Å². The number of carbonyl (C=O) groups excluding carboxylic acids is 1. The zero-order valence-electron chi connectivity index (χ0n) is 11.5. The second-order valence-electron chi connectivity index (χ2n) is 4.42. The fourth-order valence-electron chi connectivity index (χ4n) is 1.86. The monoisotopic (exact) mass is 278 g/mol. The Morgan fingerprint density at radius 2 is 1.95 bits per heavy atom. The van der Waals surface area contributed by atoms with E-state index >= 15 is 0 Å². The van der Waals surface area contributed by atoms with E-state index in [-0.39, 0.29) is 5.91 Å². The summed E-state index contributed by atoms with van der Waals surface area (Å²) in [7, 11) is 0. The van der Waals surface area contributed by atoms with Gasteiger partial charge in [0.25, 0.3) is 5.91 Å². The predicted molar refractivity (Wildman–Crippen MR) is 80.8 cm³/mol. The summed E-state index contributed by atoms with van der Waals surface area (Å²) in [5.41, 5.74) is 7.77. The van der Waals surface area contributed by atoms with Gasteiger partial charge in [-0.05, 0) is 36.8 Å². The topological polar surface area (TPSA) is 91.8 Å². The standard InChI is InChI=1S/C16H14N4O/c1-11(18)15(13-7-5-12(10-17)6-8-13)16(21)20-14-4-2-3-9-19-14/h2-9H,18H2,1H3,(H,19,20,21)/b15-11-. The van der Waals surface area contributed by atoms with Crippen LogP contribution in [0.5, 0.6) is 0 Å². The SMILES string of the molecule is C/C(N)=C(/C(=O)Nc1ccccn1)c1ccc(C#N)cc1. The van der Waals surface area contributed by atoms with Crippen molar-refractivity contribution in [2.24, 2.45) is 5.73 Å². The van der Waals surface area contributed by atoms with Crippen LogP contribution in [0.4, 0.5) is 5.82 Å². The minimum Gasteiger partial charge on any atom is -0.402 e. The number of pyridine rings is 1. The maximum atomic E-state index is 12.4. The minimum atomic E-state index is -0.335. The Balaban J connectivity index is 2.29. The van der Waals surface area contributed by atoms with Crippen LogP contribution < -0.4 is 11.1 Å². The van der Waals surface area contributed by atoms with Crippen LogP contribution in [0.3, 0.4) is 0 Å². The van der Waals surface area contributed by atoms with E-state index < -0.39 is 0 Å². The average Bonchev–Trinajstić information content (AvgIpc) is 2.49. The Morgan fingerprint density at radius 3 is 2.48 bits per heavy atom.